The summed E-state index contributed by atoms with van der Waals surface area (Å²) in [6.45, 7) is 4.42. The molecule has 39 heavy (non-hydrogen) atoms. The van der Waals surface area contributed by atoms with Crippen LogP contribution in [0, 0.1) is 12.7 Å². The van der Waals surface area contributed by atoms with Crippen molar-refractivity contribution in [2.45, 2.75) is 45.8 Å². The normalized spacial score (nSPS) is 12.2. The molecule has 0 aliphatic heterocycles. The number of carbonyl (C=O) groups is 2. The van der Waals surface area contributed by atoms with E-state index in [4.69, 9.17) is 11.6 Å². The van der Waals surface area contributed by atoms with Crippen LogP contribution in [0.2, 0.25) is 5.02 Å². The van der Waals surface area contributed by atoms with Gasteiger partial charge < -0.3 is 10.2 Å². The van der Waals surface area contributed by atoms with E-state index in [1.54, 1.807) is 45.0 Å². The van der Waals surface area contributed by atoms with Crippen molar-refractivity contribution in [3.8, 4) is 0 Å². The molecule has 10 heteroatoms. The number of hydrogen-bond donors (Lipinski definition) is 1. The van der Waals surface area contributed by atoms with Gasteiger partial charge in [-0.2, -0.15) is 0 Å². The van der Waals surface area contributed by atoms with Gasteiger partial charge in [0.25, 0.3) is 0 Å². The van der Waals surface area contributed by atoms with Gasteiger partial charge in [-0.15, -0.1) is 0 Å². The minimum absolute atomic E-state index is 0.147. The van der Waals surface area contributed by atoms with Gasteiger partial charge in [-0.25, -0.2) is 12.8 Å². The molecule has 208 valence electrons. The van der Waals surface area contributed by atoms with Crippen molar-refractivity contribution in [3.63, 3.8) is 0 Å². The SMILES string of the molecule is Cc1c(Cl)cccc1N(CC(=O)N(Cc1ccccc1F)C(Cc1ccccc1)C(=O)NC(C)C)S(C)(=O)=O. The molecule has 1 unspecified atom stereocenters. The third kappa shape index (κ3) is 8.03. The average molecular weight is 574 g/mol. The number of anilines is 1. The van der Waals surface area contributed by atoms with Gasteiger partial charge in [-0.05, 0) is 50.1 Å². The van der Waals surface area contributed by atoms with Gasteiger partial charge >= 0.3 is 0 Å². The fraction of sp³-hybridized carbons (Fsp3) is 0.310. The molecule has 1 atom stereocenters. The molecule has 0 bridgehead atoms. The Balaban J connectivity index is 2.09. The van der Waals surface area contributed by atoms with E-state index < -0.39 is 40.2 Å². The summed E-state index contributed by atoms with van der Waals surface area (Å²) in [6, 6.07) is 18.7. The maximum Gasteiger partial charge on any atom is 0.244 e. The van der Waals surface area contributed by atoms with Crippen molar-refractivity contribution in [2.75, 3.05) is 17.1 Å². The van der Waals surface area contributed by atoms with Gasteiger partial charge in [0, 0.05) is 29.6 Å². The molecule has 7 nitrogen and oxygen atoms in total. The summed E-state index contributed by atoms with van der Waals surface area (Å²) in [5.74, 6) is -1.63. The number of sulfonamides is 1. The highest BCUT2D eigenvalue weighted by molar-refractivity contribution is 7.92. The van der Waals surface area contributed by atoms with E-state index in [0.717, 1.165) is 16.1 Å². The van der Waals surface area contributed by atoms with E-state index in [-0.39, 0.29) is 30.3 Å². The Hall–Kier alpha value is -3.43. The van der Waals surface area contributed by atoms with Crippen molar-refractivity contribution in [1.82, 2.24) is 10.2 Å². The van der Waals surface area contributed by atoms with Gasteiger partial charge in [-0.1, -0.05) is 66.2 Å². The Labute approximate surface area is 234 Å². The van der Waals surface area contributed by atoms with Crippen LogP contribution in [0.1, 0.15) is 30.5 Å². The molecule has 0 fully saturated rings. The Morgan fingerprint density at radius 1 is 0.974 bits per heavy atom. The number of amides is 2. The van der Waals surface area contributed by atoms with Gasteiger partial charge in [0.2, 0.25) is 21.8 Å². The Bertz CT molecular complexity index is 1420. The number of carbonyl (C=O) groups excluding carboxylic acids is 2. The molecule has 0 radical (unpaired) electrons. The van der Waals surface area contributed by atoms with Crippen LogP contribution < -0.4 is 9.62 Å². The lowest BCUT2D eigenvalue weighted by Crippen LogP contribution is -2.54. The standard InChI is InChI=1S/C29H33ClFN3O4S/c1-20(2)32-29(36)27(17-22-11-6-5-7-12-22)33(18-23-13-8-9-15-25(23)31)28(35)19-34(39(4,37)38)26-16-10-14-24(30)21(26)3/h5-16,20,27H,17-19H2,1-4H3,(H,32,36). The number of benzene rings is 3. The van der Waals surface area contributed by atoms with Crippen LogP contribution in [0.25, 0.3) is 0 Å². The average Bonchev–Trinajstić information content (AvgIpc) is 2.87. The minimum Gasteiger partial charge on any atom is -0.352 e. The predicted octanol–water partition coefficient (Wildman–Crippen LogP) is 4.72. The molecule has 0 spiro atoms. The maximum atomic E-state index is 14.8. The van der Waals surface area contributed by atoms with Crippen molar-refractivity contribution >= 4 is 39.1 Å². The lowest BCUT2D eigenvalue weighted by molar-refractivity contribution is -0.140. The first kappa shape index (κ1) is 30.1. The molecule has 3 rings (SSSR count). The van der Waals surface area contributed by atoms with Crippen molar-refractivity contribution < 1.29 is 22.4 Å². The molecular formula is C29H33ClFN3O4S. The maximum absolute atomic E-state index is 14.8. The quantitative estimate of drug-likeness (QED) is 0.360. The number of hydrogen-bond acceptors (Lipinski definition) is 4. The Kier molecular flexibility index (Phi) is 10.1. The second-order valence-electron chi connectivity index (χ2n) is 9.64. The van der Waals surface area contributed by atoms with E-state index in [1.807, 2.05) is 30.3 Å². The predicted molar refractivity (Wildman–Crippen MR) is 153 cm³/mol. The first-order valence-electron chi connectivity index (χ1n) is 12.5. The lowest BCUT2D eigenvalue weighted by atomic mass is 10.0. The van der Waals surface area contributed by atoms with E-state index in [1.165, 1.54) is 23.1 Å². The fourth-order valence-electron chi connectivity index (χ4n) is 4.21. The molecular weight excluding hydrogens is 541 g/mol. The van der Waals surface area contributed by atoms with E-state index in [2.05, 4.69) is 5.32 Å². The molecule has 2 amide bonds. The van der Waals surface area contributed by atoms with Crippen LogP contribution in [0.3, 0.4) is 0 Å². The van der Waals surface area contributed by atoms with E-state index in [0.29, 0.717) is 10.6 Å². The summed E-state index contributed by atoms with van der Waals surface area (Å²) in [4.78, 5) is 28.7. The highest BCUT2D eigenvalue weighted by atomic mass is 35.5. The zero-order chi connectivity index (χ0) is 28.7. The van der Waals surface area contributed by atoms with Crippen LogP contribution in [0.4, 0.5) is 10.1 Å². The molecule has 0 aromatic heterocycles. The fourth-order valence-corrected chi connectivity index (χ4v) is 5.28. The first-order valence-corrected chi connectivity index (χ1v) is 14.7. The van der Waals surface area contributed by atoms with Crippen LogP contribution in [0.5, 0.6) is 0 Å². The third-order valence-corrected chi connectivity index (χ3v) is 7.72. The number of nitrogens with zero attached hydrogens (tertiary/aromatic N) is 2. The summed E-state index contributed by atoms with van der Waals surface area (Å²) in [5.41, 5.74) is 1.72. The molecule has 3 aromatic carbocycles. The van der Waals surface area contributed by atoms with Crippen molar-refractivity contribution in [3.05, 3.63) is 100 Å². The topological polar surface area (TPSA) is 86.8 Å². The molecule has 1 N–H and O–H groups in total. The van der Waals surface area contributed by atoms with E-state index in [9.17, 15) is 22.4 Å². The summed E-state index contributed by atoms with van der Waals surface area (Å²) in [7, 11) is -3.94. The monoisotopic (exact) mass is 573 g/mol. The van der Waals surface area contributed by atoms with Crippen LogP contribution >= 0.6 is 11.6 Å². The molecule has 0 aliphatic carbocycles. The van der Waals surface area contributed by atoms with Gasteiger partial charge in [0.15, 0.2) is 0 Å². The lowest BCUT2D eigenvalue weighted by Gasteiger charge is -2.34. The second-order valence-corrected chi connectivity index (χ2v) is 11.9. The minimum atomic E-state index is -3.94. The smallest absolute Gasteiger partial charge is 0.244 e. The highest BCUT2D eigenvalue weighted by Gasteiger charge is 2.34. The zero-order valence-corrected chi connectivity index (χ0v) is 24.0. The summed E-state index contributed by atoms with van der Waals surface area (Å²) in [5, 5.41) is 3.20. The zero-order valence-electron chi connectivity index (χ0n) is 22.4. The van der Waals surface area contributed by atoms with Gasteiger partial charge in [0.05, 0.1) is 11.9 Å². The third-order valence-electron chi connectivity index (χ3n) is 6.19. The van der Waals surface area contributed by atoms with Gasteiger partial charge in [-0.3, -0.25) is 13.9 Å². The number of nitrogens with one attached hydrogen (secondary N) is 1. The van der Waals surface area contributed by atoms with Crippen molar-refractivity contribution in [2.24, 2.45) is 0 Å². The summed E-state index contributed by atoms with van der Waals surface area (Å²) in [6.07, 6.45) is 1.14. The number of rotatable bonds is 11. The van der Waals surface area contributed by atoms with Crippen LogP contribution in [-0.2, 0) is 32.6 Å². The summed E-state index contributed by atoms with van der Waals surface area (Å²) >= 11 is 6.25. The molecule has 0 saturated carbocycles. The van der Waals surface area contributed by atoms with Gasteiger partial charge in [0.1, 0.15) is 18.4 Å². The van der Waals surface area contributed by atoms with E-state index >= 15 is 0 Å². The Morgan fingerprint density at radius 3 is 2.23 bits per heavy atom. The molecule has 0 aliphatic rings. The van der Waals surface area contributed by atoms with Crippen LogP contribution in [0.15, 0.2) is 72.8 Å². The van der Waals surface area contributed by atoms with Crippen LogP contribution in [-0.4, -0.2) is 50.0 Å². The highest BCUT2D eigenvalue weighted by Crippen LogP contribution is 2.28. The Morgan fingerprint density at radius 2 is 1.62 bits per heavy atom. The molecule has 0 saturated heterocycles. The molecule has 3 aromatic rings. The second kappa shape index (κ2) is 13.1. The number of halogens is 2. The van der Waals surface area contributed by atoms with Crippen molar-refractivity contribution in [1.29, 1.82) is 0 Å². The molecule has 0 heterocycles. The largest absolute Gasteiger partial charge is 0.352 e. The first-order chi connectivity index (χ1) is 18.4. The summed E-state index contributed by atoms with van der Waals surface area (Å²) < 4.78 is 41.5.